The molecule has 12 nitrogen and oxygen atoms in total. The Labute approximate surface area is 221 Å². The average molecular weight is 525 g/mol. The van der Waals surface area contributed by atoms with Crippen LogP contribution in [-0.4, -0.2) is 53.0 Å². The number of aromatic nitrogens is 4. The number of carbonyl (C=O) groups is 2. The second kappa shape index (κ2) is 7.47. The lowest BCUT2D eigenvalue weighted by Crippen LogP contribution is -2.64. The van der Waals surface area contributed by atoms with Crippen LogP contribution in [0.4, 0.5) is 11.6 Å². The van der Waals surface area contributed by atoms with E-state index in [0.29, 0.717) is 17.0 Å². The quantitative estimate of drug-likeness (QED) is 0.243. The normalized spacial score (nSPS) is 26.4. The Balaban J connectivity index is 1.46. The molecule has 3 aliphatic rings. The van der Waals surface area contributed by atoms with E-state index in [2.05, 4.69) is 20.6 Å². The van der Waals surface area contributed by atoms with Gasteiger partial charge in [-0.25, -0.2) is 4.98 Å². The Morgan fingerprint density at radius 1 is 1.10 bits per heavy atom. The number of rotatable bonds is 2. The fourth-order valence-corrected chi connectivity index (χ4v) is 6.55. The van der Waals surface area contributed by atoms with E-state index in [0.717, 1.165) is 11.3 Å². The zero-order valence-electron chi connectivity index (χ0n) is 21.0. The molecular weight excluding hydrogens is 500 g/mol. The topological polar surface area (TPSA) is 171 Å². The van der Waals surface area contributed by atoms with Gasteiger partial charge in [-0.2, -0.15) is 4.98 Å². The molecule has 196 valence electrons. The van der Waals surface area contributed by atoms with Crippen LogP contribution in [0.25, 0.3) is 17.2 Å². The number of hydrogen-bond donors (Lipinski definition) is 5. The van der Waals surface area contributed by atoms with Crippen LogP contribution in [-0.2, 0) is 22.1 Å². The van der Waals surface area contributed by atoms with Crippen molar-refractivity contribution in [1.29, 1.82) is 0 Å². The summed E-state index contributed by atoms with van der Waals surface area (Å²) in [7, 11) is 1.75. The Hall–Kier alpha value is -5.13. The fraction of sp³-hybridized carbons (Fsp3) is 0.222. The van der Waals surface area contributed by atoms with Gasteiger partial charge in [-0.3, -0.25) is 19.4 Å². The molecule has 4 aromatic rings. The molecule has 2 aromatic heterocycles. The molecule has 2 amide bonds. The maximum atomic E-state index is 14.1. The van der Waals surface area contributed by atoms with Crippen molar-refractivity contribution in [1.82, 2.24) is 29.7 Å². The van der Waals surface area contributed by atoms with Gasteiger partial charge in [0, 0.05) is 12.7 Å². The minimum atomic E-state index is -1.13. The lowest BCUT2D eigenvalue weighted by Gasteiger charge is -2.44. The first-order chi connectivity index (χ1) is 18.6. The van der Waals surface area contributed by atoms with Gasteiger partial charge in [-0.1, -0.05) is 30.3 Å². The van der Waals surface area contributed by atoms with E-state index >= 15 is 0 Å². The third-order valence-corrected chi connectivity index (χ3v) is 8.23. The number of carbonyl (C=O) groups excluding carboxylic acids is 2. The number of H-pyrrole nitrogens is 1. The minimum absolute atomic E-state index is 0.0327. The number of benzene rings is 2. The van der Waals surface area contributed by atoms with Crippen molar-refractivity contribution in [3.05, 3.63) is 81.5 Å². The van der Waals surface area contributed by atoms with Crippen molar-refractivity contribution < 1.29 is 14.7 Å². The van der Waals surface area contributed by atoms with Gasteiger partial charge in [0.1, 0.15) is 29.0 Å². The lowest BCUT2D eigenvalue weighted by molar-refractivity contribution is -0.144. The number of phenolic OH excluding ortho intramolecular Hbond substituents is 1. The van der Waals surface area contributed by atoms with Crippen LogP contribution in [0.1, 0.15) is 30.3 Å². The molecule has 39 heavy (non-hydrogen) atoms. The number of phenols is 1. The molecule has 7 rings (SSSR count). The van der Waals surface area contributed by atoms with E-state index < -0.39 is 22.7 Å². The van der Waals surface area contributed by atoms with E-state index in [1.807, 2.05) is 31.2 Å². The summed E-state index contributed by atoms with van der Waals surface area (Å²) < 4.78 is 1.72. The Morgan fingerprint density at radius 2 is 1.85 bits per heavy atom. The lowest BCUT2D eigenvalue weighted by atomic mass is 9.71. The number of nitrogen functional groups attached to an aromatic ring is 1. The van der Waals surface area contributed by atoms with Gasteiger partial charge in [-0.15, -0.1) is 0 Å². The largest absolute Gasteiger partial charge is 0.508 e. The highest BCUT2D eigenvalue weighted by Gasteiger charge is 2.71. The van der Waals surface area contributed by atoms with Crippen LogP contribution >= 0.6 is 0 Å². The fourth-order valence-electron chi connectivity index (χ4n) is 6.55. The number of aryl methyl sites for hydroxylation is 1. The molecular formula is C27H24N8O4. The molecule has 0 aliphatic carbocycles. The summed E-state index contributed by atoms with van der Waals surface area (Å²) in [5.41, 5.74) is 6.08. The molecule has 2 saturated heterocycles. The summed E-state index contributed by atoms with van der Waals surface area (Å²) in [6, 6.07) is 13.2. The van der Waals surface area contributed by atoms with Crippen molar-refractivity contribution >= 4 is 40.7 Å². The van der Waals surface area contributed by atoms with Crippen LogP contribution < -0.4 is 21.9 Å². The number of aromatic amines is 1. The predicted molar refractivity (Wildman–Crippen MR) is 142 cm³/mol. The first-order valence-electron chi connectivity index (χ1n) is 12.4. The van der Waals surface area contributed by atoms with Crippen LogP contribution in [0.15, 0.2) is 59.0 Å². The smallest absolute Gasteiger partial charge is 0.280 e. The number of nitrogens with zero attached hydrogens (tertiary/aromatic N) is 4. The summed E-state index contributed by atoms with van der Waals surface area (Å²) >= 11 is 0. The summed E-state index contributed by atoms with van der Waals surface area (Å²) in [5, 5.41) is 16.0. The van der Waals surface area contributed by atoms with Crippen molar-refractivity contribution in [2.45, 2.75) is 30.5 Å². The monoisotopic (exact) mass is 524 g/mol. The Bertz CT molecular complexity index is 1820. The number of nitrogens with one attached hydrogen (secondary N) is 3. The Morgan fingerprint density at radius 3 is 2.62 bits per heavy atom. The van der Waals surface area contributed by atoms with Gasteiger partial charge in [0.25, 0.3) is 11.5 Å². The summed E-state index contributed by atoms with van der Waals surface area (Å²) in [4.78, 5) is 53.6. The number of amides is 2. The highest BCUT2D eigenvalue weighted by molar-refractivity contribution is 6.09. The molecule has 2 fully saturated rings. The predicted octanol–water partition coefficient (Wildman–Crippen LogP) is 1.14. The van der Waals surface area contributed by atoms with E-state index in [1.54, 1.807) is 34.7 Å². The number of para-hydroxylation sites is 1. The van der Waals surface area contributed by atoms with Gasteiger partial charge < -0.3 is 30.9 Å². The molecule has 0 spiro atoms. The highest BCUT2D eigenvalue weighted by atomic mass is 16.3. The van der Waals surface area contributed by atoms with E-state index in [9.17, 15) is 19.5 Å². The maximum absolute atomic E-state index is 14.1. The first-order valence-corrected chi connectivity index (χ1v) is 12.4. The van der Waals surface area contributed by atoms with E-state index in [4.69, 9.17) is 10.7 Å². The molecule has 3 aliphatic heterocycles. The third-order valence-electron chi connectivity index (χ3n) is 8.23. The molecule has 0 bridgehead atoms. The van der Waals surface area contributed by atoms with Crippen molar-refractivity contribution in [3.63, 3.8) is 0 Å². The van der Waals surface area contributed by atoms with Gasteiger partial charge in [0.05, 0.1) is 5.41 Å². The zero-order valence-corrected chi connectivity index (χ0v) is 21.0. The van der Waals surface area contributed by atoms with Crippen LogP contribution in [0.2, 0.25) is 0 Å². The van der Waals surface area contributed by atoms with Gasteiger partial charge in [0.2, 0.25) is 11.9 Å². The van der Waals surface area contributed by atoms with Crippen LogP contribution in [0, 0.1) is 0 Å². The number of imidazole rings is 1. The summed E-state index contributed by atoms with van der Waals surface area (Å²) in [6.45, 7) is 1.88. The summed E-state index contributed by atoms with van der Waals surface area (Å²) in [5.74, 6) is -0.141. The number of nitrogens with two attached hydrogens (primary N) is 1. The number of piperazine rings is 1. The number of aromatic hydroxyl groups is 1. The molecule has 0 unspecified atom stereocenters. The van der Waals surface area contributed by atoms with Gasteiger partial charge in [-0.05, 0) is 48.7 Å². The van der Waals surface area contributed by atoms with Crippen LogP contribution in [0.3, 0.4) is 0 Å². The maximum Gasteiger partial charge on any atom is 0.280 e. The highest BCUT2D eigenvalue weighted by Crippen LogP contribution is 2.60. The van der Waals surface area contributed by atoms with E-state index in [-0.39, 0.29) is 41.1 Å². The molecule has 0 radical (unpaired) electrons. The van der Waals surface area contributed by atoms with Gasteiger partial charge in [0.15, 0.2) is 11.2 Å². The number of anilines is 2. The van der Waals surface area contributed by atoms with Gasteiger partial charge >= 0.3 is 0 Å². The van der Waals surface area contributed by atoms with Crippen LogP contribution in [0.5, 0.6) is 5.75 Å². The molecule has 5 heterocycles. The average Bonchev–Trinajstić information content (AvgIpc) is 3.46. The minimum Gasteiger partial charge on any atom is -0.508 e. The molecule has 6 N–H and O–H groups in total. The Kier molecular flexibility index (Phi) is 4.41. The van der Waals surface area contributed by atoms with Crippen molar-refractivity contribution in [2.75, 3.05) is 11.1 Å². The van der Waals surface area contributed by atoms with E-state index in [1.165, 1.54) is 12.1 Å². The molecule has 12 heteroatoms. The SMILES string of the molecule is Cn1c([C@]23C[C@H]4C(=O)N/C(=C\c5ccc(O)cc5)C(=O)N4[C@@]2(C)Nc2ccccc23)nc2c(=O)[nH]c(N)nc21. The molecule has 2 aromatic carbocycles. The third kappa shape index (κ3) is 2.85. The second-order valence-corrected chi connectivity index (χ2v) is 10.3. The molecule has 0 saturated carbocycles. The second-order valence-electron chi connectivity index (χ2n) is 10.3. The first kappa shape index (κ1) is 23.0. The number of hydrogen-bond acceptors (Lipinski definition) is 8. The van der Waals surface area contributed by atoms with Crippen molar-refractivity contribution in [3.8, 4) is 5.75 Å². The standard InChI is InChI=1S/C27H24N8O4/c1-26-27(15-5-3-4-6-16(15)33-26,24-30-19-20(34(24)2)31-25(28)32-22(19)38)12-18-21(37)29-17(23(39)35(18)26)11-13-7-9-14(36)10-8-13/h3-11,18,33,36H,12H2,1-2H3,(H,29,37)(H3,28,31,32,38)/b17-11-/t18-,26+,27+/m0/s1. The summed E-state index contributed by atoms with van der Waals surface area (Å²) in [6.07, 6.45) is 1.81. The number of fused-ring (bicyclic) bond motifs is 6. The molecule has 3 atom stereocenters. The zero-order chi connectivity index (χ0) is 27.3. The van der Waals surface area contributed by atoms with Crippen molar-refractivity contribution in [2.24, 2.45) is 7.05 Å².